The highest BCUT2D eigenvalue weighted by Crippen LogP contribution is 2.32. The number of nitrogen functional groups attached to an aromatic ring is 1. The standard InChI is InChI=1S/C23H33N5O5/c1-4-6-10-28-21(24)20(22(30)26-23(28)31)27(9-5-2)14-19(29)25-15(3)16-7-8-17-18(13-16)33-12-11-32-17/h7-8,13,15H,4-6,9-12,14,24H2,1-3H3,(H,25,29)(H,26,30,31)/t15-/m1/s1. The molecule has 1 aliphatic heterocycles. The van der Waals surface area contributed by atoms with E-state index in [1.807, 2.05) is 39.0 Å². The maximum Gasteiger partial charge on any atom is 0.330 e. The number of H-pyrrole nitrogens is 1. The van der Waals surface area contributed by atoms with Gasteiger partial charge in [0.15, 0.2) is 11.5 Å². The fourth-order valence-corrected chi connectivity index (χ4v) is 3.83. The van der Waals surface area contributed by atoms with Gasteiger partial charge in [-0.25, -0.2) is 4.79 Å². The average Bonchev–Trinajstić information content (AvgIpc) is 2.78. The number of fused-ring (bicyclic) bond motifs is 1. The Labute approximate surface area is 192 Å². The zero-order valence-electron chi connectivity index (χ0n) is 19.5. The van der Waals surface area contributed by atoms with E-state index in [-0.39, 0.29) is 30.0 Å². The van der Waals surface area contributed by atoms with E-state index in [1.165, 1.54) is 4.57 Å². The monoisotopic (exact) mass is 459 g/mol. The van der Waals surface area contributed by atoms with Gasteiger partial charge < -0.3 is 25.4 Å². The minimum absolute atomic E-state index is 0.0675. The normalized spacial score (nSPS) is 13.4. The summed E-state index contributed by atoms with van der Waals surface area (Å²) in [6.45, 7) is 7.59. The van der Waals surface area contributed by atoms with Crippen molar-refractivity contribution in [2.75, 3.05) is 36.9 Å². The Hall–Kier alpha value is -3.43. The number of carbonyl (C=O) groups excluding carboxylic acids is 1. The van der Waals surface area contributed by atoms with E-state index in [0.29, 0.717) is 44.2 Å². The molecule has 1 atom stereocenters. The van der Waals surface area contributed by atoms with E-state index >= 15 is 0 Å². The number of rotatable bonds is 10. The summed E-state index contributed by atoms with van der Waals surface area (Å²) >= 11 is 0. The third kappa shape index (κ3) is 5.68. The van der Waals surface area contributed by atoms with Crippen molar-refractivity contribution in [1.82, 2.24) is 14.9 Å². The second-order valence-corrected chi connectivity index (χ2v) is 8.11. The number of anilines is 2. The van der Waals surface area contributed by atoms with Crippen LogP contribution in [-0.2, 0) is 11.3 Å². The van der Waals surface area contributed by atoms with Crippen molar-refractivity contribution < 1.29 is 14.3 Å². The van der Waals surface area contributed by atoms with Crippen molar-refractivity contribution in [3.8, 4) is 11.5 Å². The predicted octanol–water partition coefficient (Wildman–Crippen LogP) is 1.78. The fraction of sp³-hybridized carbons (Fsp3) is 0.522. The molecule has 0 fully saturated rings. The van der Waals surface area contributed by atoms with Gasteiger partial charge in [0.2, 0.25) is 5.91 Å². The summed E-state index contributed by atoms with van der Waals surface area (Å²) in [6, 6.07) is 5.28. The molecule has 0 spiro atoms. The minimum atomic E-state index is -0.591. The van der Waals surface area contributed by atoms with Crippen LogP contribution < -0.4 is 36.7 Å². The largest absolute Gasteiger partial charge is 0.486 e. The van der Waals surface area contributed by atoms with Gasteiger partial charge in [-0.1, -0.05) is 26.3 Å². The lowest BCUT2D eigenvalue weighted by molar-refractivity contribution is -0.120. The van der Waals surface area contributed by atoms with Gasteiger partial charge in [-0.15, -0.1) is 0 Å². The number of hydrogen-bond donors (Lipinski definition) is 3. The van der Waals surface area contributed by atoms with E-state index < -0.39 is 11.2 Å². The van der Waals surface area contributed by atoms with Gasteiger partial charge in [0.1, 0.15) is 24.7 Å². The number of nitrogens with zero attached hydrogens (tertiary/aromatic N) is 2. The first-order valence-electron chi connectivity index (χ1n) is 11.4. The molecule has 0 radical (unpaired) electrons. The van der Waals surface area contributed by atoms with E-state index in [4.69, 9.17) is 15.2 Å². The Kier molecular flexibility index (Phi) is 8.02. The van der Waals surface area contributed by atoms with Gasteiger partial charge in [0.25, 0.3) is 5.56 Å². The lowest BCUT2D eigenvalue weighted by atomic mass is 10.1. The molecule has 4 N–H and O–H groups in total. The second-order valence-electron chi connectivity index (χ2n) is 8.11. The number of benzene rings is 1. The molecule has 3 rings (SSSR count). The topological polar surface area (TPSA) is 132 Å². The average molecular weight is 460 g/mol. The molecular formula is C23H33N5O5. The van der Waals surface area contributed by atoms with Crippen LogP contribution in [0.25, 0.3) is 0 Å². The molecular weight excluding hydrogens is 426 g/mol. The number of aromatic amines is 1. The molecule has 10 heteroatoms. The number of carbonyl (C=O) groups is 1. The van der Waals surface area contributed by atoms with Crippen LogP contribution in [0.4, 0.5) is 11.5 Å². The zero-order chi connectivity index (χ0) is 24.0. The van der Waals surface area contributed by atoms with E-state index in [1.54, 1.807) is 4.90 Å². The molecule has 1 aromatic heterocycles. The molecule has 1 aliphatic rings. The van der Waals surface area contributed by atoms with Gasteiger partial charge in [-0.2, -0.15) is 0 Å². The van der Waals surface area contributed by atoms with Gasteiger partial charge >= 0.3 is 5.69 Å². The van der Waals surface area contributed by atoms with Gasteiger partial charge in [0, 0.05) is 13.1 Å². The Bertz CT molecular complexity index is 1090. The molecule has 10 nitrogen and oxygen atoms in total. The van der Waals surface area contributed by atoms with Crippen molar-refractivity contribution >= 4 is 17.4 Å². The Balaban J connectivity index is 1.78. The van der Waals surface area contributed by atoms with Crippen LogP contribution in [0.1, 0.15) is 51.6 Å². The molecule has 0 saturated heterocycles. The molecule has 180 valence electrons. The minimum Gasteiger partial charge on any atom is -0.486 e. The molecule has 2 aromatic rings. The highest BCUT2D eigenvalue weighted by Gasteiger charge is 2.22. The Morgan fingerprint density at radius 3 is 2.64 bits per heavy atom. The number of hydrogen-bond acceptors (Lipinski definition) is 7. The number of aromatic nitrogens is 2. The SMILES string of the molecule is CCCCn1c(N)c(N(CCC)CC(=O)N[C@H](C)c2ccc3c(c2)OCCO3)c(=O)[nH]c1=O. The van der Waals surface area contributed by atoms with Crippen LogP contribution in [0.15, 0.2) is 27.8 Å². The van der Waals surface area contributed by atoms with E-state index in [0.717, 1.165) is 18.4 Å². The maximum absolute atomic E-state index is 12.9. The predicted molar refractivity (Wildman–Crippen MR) is 127 cm³/mol. The quantitative estimate of drug-likeness (QED) is 0.493. The molecule has 1 aromatic carbocycles. The number of unbranched alkanes of at least 4 members (excludes halogenated alkanes) is 1. The van der Waals surface area contributed by atoms with Crippen molar-refractivity contribution in [1.29, 1.82) is 0 Å². The summed E-state index contributed by atoms with van der Waals surface area (Å²) in [4.78, 5) is 41.7. The fourth-order valence-electron chi connectivity index (χ4n) is 3.83. The molecule has 0 bridgehead atoms. The smallest absolute Gasteiger partial charge is 0.330 e. The highest BCUT2D eigenvalue weighted by molar-refractivity contribution is 5.83. The van der Waals surface area contributed by atoms with Crippen LogP contribution in [-0.4, -0.2) is 41.8 Å². The summed E-state index contributed by atoms with van der Waals surface area (Å²) < 4.78 is 12.5. The number of nitrogens with one attached hydrogen (secondary N) is 2. The van der Waals surface area contributed by atoms with Crippen LogP contribution in [0.5, 0.6) is 11.5 Å². The lowest BCUT2D eigenvalue weighted by Crippen LogP contribution is -2.43. The molecule has 33 heavy (non-hydrogen) atoms. The van der Waals surface area contributed by atoms with E-state index in [9.17, 15) is 14.4 Å². The molecule has 0 saturated carbocycles. The molecule has 0 aliphatic carbocycles. The first kappa shape index (κ1) is 24.2. The van der Waals surface area contributed by atoms with Gasteiger partial charge in [-0.3, -0.25) is 19.1 Å². The van der Waals surface area contributed by atoms with Crippen molar-refractivity contribution in [2.45, 2.75) is 52.6 Å². The first-order valence-corrected chi connectivity index (χ1v) is 11.4. The van der Waals surface area contributed by atoms with Gasteiger partial charge in [-0.05, 0) is 37.5 Å². The summed E-state index contributed by atoms with van der Waals surface area (Å²) in [7, 11) is 0. The number of nitrogens with two attached hydrogens (primary N) is 1. The summed E-state index contributed by atoms with van der Waals surface area (Å²) in [5.41, 5.74) is 6.13. The summed E-state index contributed by atoms with van der Waals surface area (Å²) in [6.07, 6.45) is 2.31. The van der Waals surface area contributed by atoms with Crippen molar-refractivity contribution in [3.05, 3.63) is 44.6 Å². The summed E-state index contributed by atoms with van der Waals surface area (Å²) in [5.74, 6) is 1.15. The third-order valence-corrected chi connectivity index (χ3v) is 5.54. The molecule has 2 heterocycles. The second kappa shape index (κ2) is 10.9. The lowest BCUT2D eigenvalue weighted by Gasteiger charge is -2.26. The Morgan fingerprint density at radius 2 is 1.94 bits per heavy atom. The van der Waals surface area contributed by atoms with E-state index in [2.05, 4.69) is 10.3 Å². The number of ether oxygens (including phenoxy) is 2. The van der Waals surface area contributed by atoms with Crippen molar-refractivity contribution in [3.63, 3.8) is 0 Å². The van der Waals surface area contributed by atoms with Crippen LogP contribution in [0.2, 0.25) is 0 Å². The third-order valence-electron chi connectivity index (χ3n) is 5.54. The molecule has 1 amide bonds. The molecule has 0 unspecified atom stereocenters. The first-order chi connectivity index (χ1) is 15.8. The number of amides is 1. The Morgan fingerprint density at radius 1 is 1.21 bits per heavy atom. The van der Waals surface area contributed by atoms with Crippen LogP contribution in [0.3, 0.4) is 0 Å². The summed E-state index contributed by atoms with van der Waals surface area (Å²) in [5, 5.41) is 2.96. The van der Waals surface area contributed by atoms with Crippen LogP contribution in [0, 0.1) is 0 Å². The van der Waals surface area contributed by atoms with Crippen molar-refractivity contribution in [2.24, 2.45) is 0 Å². The van der Waals surface area contributed by atoms with Gasteiger partial charge in [0.05, 0.1) is 12.6 Å². The maximum atomic E-state index is 12.9. The highest BCUT2D eigenvalue weighted by atomic mass is 16.6. The van der Waals surface area contributed by atoms with Crippen LogP contribution >= 0.6 is 0 Å². The zero-order valence-corrected chi connectivity index (χ0v) is 19.5.